The normalized spacial score (nSPS) is 25.9. The van der Waals surface area contributed by atoms with E-state index in [0.717, 1.165) is 49.0 Å². The highest BCUT2D eigenvalue weighted by Crippen LogP contribution is 2.39. The van der Waals surface area contributed by atoms with Crippen LogP contribution in [0, 0.1) is 12.8 Å². The van der Waals surface area contributed by atoms with Gasteiger partial charge in [0, 0.05) is 18.6 Å². The Labute approximate surface area is 120 Å². The van der Waals surface area contributed by atoms with Gasteiger partial charge in [-0.2, -0.15) is 0 Å². The fourth-order valence-corrected chi connectivity index (χ4v) is 2.89. The van der Waals surface area contributed by atoms with E-state index in [0.29, 0.717) is 18.0 Å². The second kappa shape index (κ2) is 5.56. The van der Waals surface area contributed by atoms with E-state index in [1.165, 1.54) is 12.8 Å². The molecule has 5 heteroatoms. The number of nitrogens with zero attached hydrogens (tertiary/aromatic N) is 2. The number of anilines is 2. The van der Waals surface area contributed by atoms with Crippen molar-refractivity contribution in [2.75, 3.05) is 17.7 Å². The Morgan fingerprint density at radius 1 is 1.30 bits per heavy atom. The molecule has 0 amide bonds. The molecule has 2 unspecified atom stereocenters. The molecule has 1 aliphatic heterocycles. The Morgan fingerprint density at radius 2 is 2.10 bits per heavy atom. The molecule has 20 heavy (non-hydrogen) atoms. The smallest absolute Gasteiger partial charge is 0.135 e. The van der Waals surface area contributed by atoms with Crippen molar-refractivity contribution in [3.8, 4) is 0 Å². The molecule has 0 bridgehead atoms. The summed E-state index contributed by atoms with van der Waals surface area (Å²) in [5.74, 6) is 3.06. The van der Waals surface area contributed by atoms with Crippen LogP contribution in [-0.4, -0.2) is 28.7 Å². The molecular weight excluding hydrogens is 252 g/mol. The highest BCUT2D eigenvalue weighted by atomic mass is 16.5. The third-order valence-corrected chi connectivity index (χ3v) is 4.25. The summed E-state index contributed by atoms with van der Waals surface area (Å²) in [6, 6.07) is 0.366. The summed E-state index contributed by atoms with van der Waals surface area (Å²) in [4.78, 5) is 9.00. The minimum absolute atomic E-state index is 0.347. The highest BCUT2D eigenvalue weighted by Gasteiger charge is 2.40. The topological polar surface area (TPSA) is 73.1 Å². The van der Waals surface area contributed by atoms with E-state index >= 15 is 0 Å². The predicted octanol–water partition coefficient (Wildman–Crippen LogP) is 2.30. The first-order valence-electron chi connectivity index (χ1n) is 7.70. The van der Waals surface area contributed by atoms with Gasteiger partial charge in [0.2, 0.25) is 0 Å². The monoisotopic (exact) mass is 276 g/mol. The largest absolute Gasteiger partial charge is 0.383 e. The van der Waals surface area contributed by atoms with Crippen molar-refractivity contribution in [2.24, 2.45) is 5.92 Å². The van der Waals surface area contributed by atoms with E-state index in [4.69, 9.17) is 10.5 Å². The van der Waals surface area contributed by atoms with E-state index in [1.54, 1.807) is 0 Å². The van der Waals surface area contributed by atoms with Crippen LogP contribution in [0.1, 0.15) is 44.0 Å². The molecule has 110 valence electrons. The number of nitrogens with one attached hydrogen (secondary N) is 1. The van der Waals surface area contributed by atoms with Crippen LogP contribution >= 0.6 is 0 Å². The second-order valence-electron chi connectivity index (χ2n) is 5.96. The number of ether oxygens (including phenoxy) is 1. The number of hydrogen-bond donors (Lipinski definition) is 2. The number of aromatic nitrogens is 2. The predicted molar refractivity (Wildman–Crippen MR) is 79.7 cm³/mol. The van der Waals surface area contributed by atoms with Crippen molar-refractivity contribution in [1.29, 1.82) is 0 Å². The molecule has 2 aliphatic rings. The lowest BCUT2D eigenvalue weighted by Gasteiger charge is -2.21. The molecule has 0 radical (unpaired) electrons. The molecule has 5 nitrogen and oxygen atoms in total. The Bertz CT molecular complexity index is 487. The molecular formula is C15H24N4O. The maximum absolute atomic E-state index is 6.01. The molecule has 1 aromatic heterocycles. The molecule has 2 atom stereocenters. The Kier molecular flexibility index (Phi) is 3.78. The lowest BCUT2D eigenvalue weighted by Crippen LogP contribution is -2.32. The zero-order valence-corrected chi connectivity index (χ0v) is 12.4. The van der Waals surface area contributed by atoms with Gasteiger partial charge in [-0.05, 0) is 38.5 Å². The molecule has 3 rings (SSSR count). The molecule has 2 fully saturated rings. The lowest BCUT2D eigenvalue weighted by molar-refractivity contribution is 0.0898. The Morgan fingerprint density at radius 3 is 2.80 bits per heavy atom. The van der Waals surface area contributed by atoms with Gasteiger partial charge in [0.1, 0.15) is 17.5 Å². The summed E-state index contributed by atoms with van der Waals surface area (Å²) < 4.78 is 5.87. The van der Waals surface area contributed by atoms with Crippen LogP contribution in [-0.2, 0) is 11.2 Å². The van der Waals surface area contributed by atoms with E-state index in [2.05, 4.69) is 22.2 Å². The number of nitrogen functional groups attached to an aromatic ring is 1. The van der Waals surface area contributed by atoms with Gasteiger partial charge in [0.05, 0.1) is 12.1 Å². The van der Waals surface area contributed by atoms with Crippen molar-refractivity contribution < 1.29 is 4.74 Å². The van der Waals surface area contributed by atoms with Crippen LogP contribution in [0.4, 0.5) is 11.6 Å². The lowest BCUT2D eigenvalue weighted by atomic mass is 10.1. The zero-order valence-electron chi connectivity index (χ0n) is 12.4. The van der Waals surface area contributed by atoms with Gasteiger partial charge in [0.25, 0.3) is 0 Å². The summed E-state index contributed by atoms with van der Waals surface area (Å²) in [7, 11) is 0. The van der Waals surface area contributed by atoms with E-state index < -0.39 is 0 Å². The molecule has 1 saturated heterocycles. The molecule has 1 saturated carbocycles. The molecule has 1 aromatic rings. The van der Waals surface area contributed by atoms with Gasteiger partial charge in [-0.25, -0.2) is 9.97 Å². The first-order valence-corrected chi connectivity index (χ1v) is 7.70. The molecule has 0 spiro atoms. The summed E-state index contributed by atoms with van der Waals surface area (Å²) >= 11 is 0. The van der Waals surface area contributed by atoms with Gasteiger partial charge >= 0.3 is 0 Å². The van der Waals surface area contributed by atoms with E-state index in [1.807, 2.05) is 6.92 Å². The fraction of sp³-hybridized carbons (Fsp3) is 0.733. The molecule has 2 heterocycles. The highest BCUT2D eigenvalue weighted by molar-refractivity contribution is 5.55. The maximum Gasteiger partial charge on any atom is 0.135 e. The number of hydrogen-bond acceptors (Lipinski definition) is 5. The Balaban J connectivity index is 1.78. The SMILES string of the molecule is CCCc1nc(N)c(C)c(NC2CCOC2C2CC2)n1. The van der Waals surface area contributed by atoms with Crippen molar-refractivity contribution in [2.45, 2.75) is 58.1 Å². The minimum Gasteiger partial charge on any atom is -0.383 e. The quantitative estimate of drug-likeness (QED) is 0.863. The number of nitrogens with two attached hydrogens (primary N) is 1. The van der Waals surface area contributed by atoms with Crippen LogP contribution in [0.5, 0.6) is 0 Å². The van der Waals surface area contributed by atoms with Crippen molar-refractivity contribution >= 4 is 11.6 Å². The third kappa shape index (κ3) is 2.73. The minimum atomic E-state index is 0.347. The standard InChI is InChI=1S/C15H24N4O/c1-3-4-12-18-14(16)9(2)15(19-12)17-11-7-8-20-13(11)10-5-6-10/h10-11,13H,3-8H2,1-2H3,(H3,16,17,18,19). The van der Waals surface area contributed by atoms with Gasteiger partial charge in [-0.3, -0.25) is 0 Å². The molecule has 1 aliphatic carbocycles. The first kappa shape index (κ1) is 13.6. The van der Waals surface area contributed by atoms with Crippen molar-refractivity contribution in [1.82, 2.24) is 9.97 Å². The van der Waals surface area contributed by atoms with Crippen LogP contribution in [0.15, 0.2) is 0 Å². The van der Waals surface area contributed by atoms with Crippen LogP contribution in [0.25, 0.3) is 0 Å². The zero-order chi connectivity index (χ0) is 14.1. The van der Waals surface area contributed by atoms with E-state index in [9.17, 15) is 0 Å². The summed E-state index contributed by atoms with van der Waals surface area (Å²) in [5.41, 5.74) is 6.96. The van der Waals surface area contributed by atoms with Gasteiger partial charge in [-0.15, -0.1) is 0 Å². The van der Waals surface area contributed by atoms with Crippen LogP contribution < -0.4 is 11.1 Å². The number of rotatable bonds is 5. The first-order chi connectivity index (χ1) is 9.69. The van der Waals surface area contributed by atoms with Gasteiger partial charge < -0.3 is 15.8 Å². The van der Waals surface area contributed by atoms with Crippen molar-refractivity contribution in [3.05, 3.63) is 11.4 Å². The summed E-state index contributed by atoms with van der Waals surface area (Å²) in [6.45, 7) is 4.95. The van der Waals surface area contributed by atoms with Crippen molar-refractivity contribution in [3.63, 3.8) is 0 Å². The van der Waals surface area contributed by atoms with Crippen LogP contribution in [0.2, 0.25) is 0 Å². The average molecular weight is 276 g/mol. The Hall–Kier alpha value is -1.36. The van der Waals surface area contributed by atoms with Gasteiger partial charge in [0.15, 0.2) is 0 Å². The maximum atomic E-state index is 6.01. The third-order valence-electron chi connectivity index (χ3n) is 4.25. The average Bonchev–Trinajstić information content (AvgIpc) is 3.16. The second-order valence-corrected chi connectivity index (χ2v) is 5.96. The van der Waals surface area contributed by atoms with Crippen LogP contribution in [0.3, 0.4) is 0 Å². The molecule has 3 N–H and O–H groups in total. The fourth-order valence-electron chi connectivity index (χ4n) is 2.89. The van der Waals surface area contributed by atoms with Gasteiger partial charge in [-0.1, -0.05) is 6.92 Å². The molecule has 0 aromatic carbocycles. The number of aryl methyl sites for hydroxylation is 1. The van der Waals surface area contributed by atoms with E-state index in [-0.39, 0.29) is 0 Å². The summed E-state index contributed by atoms with van der Waals surface area (Å²) in [5, 5.41) is 3.56. The summed E-state index contributed by atoms with van der Waals surface area (Å²) in [6.07, 6.45) is 5.89.